The van der Waals surface area contributed by atoms with Crippen LogP contribution in [0.25, 0.3) is 0 Å². The highest BCUT2D eigenvalue weighted by Crippen LogP contribution is 2.18. The van der Waals surface area contributed by atoms with E-state index in [2.05, 4.69) is 10.6 Å². The molecule has 5 heteroatoms. The number of aliphatic hydroxyl groups excluding tert-OH is 1. The summed E-state index contributed by atoms with van der Waals surface area (Å²) in [5.74, 6) is 0.592. The maximum atomic E-state index is 11.8. The number of aliphatic hydroxyl groups is 1. The number of para-hydroxylation sites is 1. The van der Waals surface area contributed by atoms with Crippen molar-refractivity contribution >= 4 is 11.6 Å². The molecule has 0 aliphatic carbocycles. The van der Waals surface area contributed by atoms with Crippen LogP contribution in [-0.4, -0.2) is 30.2 Å². The lowest BCUT2D eigenvalue weighted by Crippen LogP contribution is -2.33. The highest BCUT2D eigenvalue weighted by atomic mass is 16.5. The minimum absolute atomic E-state index is 0.108. The number of nitrogens with one attached hydrogen (secondary N) is 2. The van der Waals surface area contributed by atoms with Gasteiger partial charge in [-0.2, -0.15) is 0 Å². The Labute approximate surface area is 142 Å². The molecule has 0 heterocycles. The molecule has 128 valence electrons. The number of anilines is 1. The van der Waals surface area contributed by atoms with E-state index >= 15 is 0 Å². The Hall–Kier alpha value is -2.53. The van der Waals surface area contributed by atoms with E-state index < -0.39 is 6.10 Å². The van der Waals surface area contributed by atoms with E-state index in [0.717, 1.165) is 17.0 Å². The highest BCUT2D eigenvalue weighted by Gasteiger charge is 2.10. The Morgan fingerprint density at radius 2 is 1.75 bits per heavy atom. The quantitative estimate of drug-likeness (QED) is 0.697. The van der Waals surface area contributed by atoms with E-state index in [9.17, 15) is 9.90 Å². The van der Waals surface area contributed by atoms with E-state index in [0.29, 0.717) is 0 Å². The van der Waals surface area contributed by atoms with Crippen LogP contribution in [0.1, 0.15) is 25.5 Å². The van der Waals surface area contributed by atoms with Gasteiger partial charge >= 0.3 is 0 Å². The summed E-state index contributed by atoms with van der Waals surface area (Å²) in [5.41, 5.74) is 1.62. The monoisotopic (exact) mass is 328 g/mol. The molecule has 5 nitrogen and oxygen atoms in total. The number of carbonyl (C=O) groups excluding carboxylic acids is 1. The second kappa shape index (κ2) is 8.93. The fraction of sp³-hybridized carbons (Fsp3) is 0.316. The second-order valence-corrected chi connectivity index (χ2v) is 5.78. The first-order valence-electron chi connectivity index (χ1n) is 8.05. The predicted octanol–water partition coefficient (Wildman–Crippen LogP) is 2.74. The summed E-state index contributed by atoms with van der Waals surface area (Å²) in [6, 6.07) is 16.7. The lowest BCUT2D eigenvalue weighted by Gasteiger charge is -2.14. The average Bonchev–Trinajstić information content (AvgIpc) is 2.59. The van der Waals surface area contributed by atoms with Crippen molar-refractivity contribution in [2.45, 2.75) is 26.1 Å². The van der Waals surface area contributed by atoms with Gasteiger partial charge < -0.3 is 20.5 Å². The molecule has 0 saturated heterocycles. The van der Waals surface area contributed by atoms with Crippen molar-refractivity contribution in [3.05, 3.63) is 60.2 Å². The summed E-state index contributed by atoms with van der Waals surface area (Å²) in [5, 5.41) is 15.9. The van der Waals surface area contributed by atoms with Crippen molar-refractivity contribution in [3.8, 4) is 5.75 Å². The standard InChI is InChI=1S/C19H24N2O3/c1-14(2)24-17-10-8-15(9-11-17)18(22)12-21-19(23)13-20-16-6-4-3-5-7-16/h3-11,14,18,20,22H,12-13H2,1-2H3,(H,21,23). The summed E-state index contributed by atoms with van der Waals surface area (Å²) < 4.78 is 5.56. The molecule has 3 N–H and O–H groups in total. The van der Waals surface area contributed by atoms with Crippen LogP contribution in [0.4, 0.5) is 5.69 Å². The maximum absolute atomic E-state index is 11.8. The Balaban J connectivity index is 1.75. The first-order valence-corrected chi connectivity index (χ1v) is 8.05. The summed E-state index contributed by atoms with van der Waals surface area (Å²) >= 11 is 0. The summed E-state index contributed by atoms with van der Waals surface area (Å²) in [6.07, 6.45) is -0.643. The minimum Gasteiger partial charge on any atom is -0.491 e. The first kappa shape index (κ1) is 17.8. The second-order valence-electron chi connectivity index (χ2n) is 5.78. The molecule has 0 fully saturated rings. The number of hydrogen-bond donors (Lipinski definition) is 3. The van der Waals surface area contributed by atoms with Crippen molar-refractivity contribution in [3.63, 3.8) is 0 Å². The molecule has 0 aliphatic heterocycles. The zero-order chi connectivity index (χ0) is 17.4. The van der Waals surface area contributed by atoms with Crippen LogP contribution in [0.15, 0.2) is 54.6 Å². The van der Waals surface area contributed by atoms with E-state index in [-0.39, 0.29) is 25.1 Å². The van der Waals surface area contributed by atoms with Crippen LogP contribution in [0.3, 0.4) is 0 Å². The lowest BCUT2D eigenvalue weighted by atomic mass is 10.1. The van der Waals surface area contributed by atoms with Crippen LogP contribution in [0, 0.1) is 0 Å². The third-order valence-electron chi connectivity index (χ3n) is 3.36. The zero-order valence-electron chi connectivity index (χ0n) is 14.0. The number of amides is 1. The van der Waals surface area contributed by atoms with Crippen LogP contribution in [0.5, 0.6) is 5.75 Å². The van der Waals surface area contributed by atoms with Gasteiger partial charge in [0, 0.05) is 12.2 Å². The van der Waals surface area contributed by atoms with Gasteiger partial charge in [-0.05, 0) is 43.7 Å². The van der Waals surface area contributed by atoms with Crippen molar-refractivity contribution in [1.29, 1.82) is 0 Å². The Morgan fingerprint density at radius 1 is 1.08 bits per heavy atom. The molecule has 2 aromatic rings. The number of benzene rings is 2. The number of hydrogen-bond acceptors (Lipinski definition) is 4. The minimum atomic E-state index is -0.751. The molecular formula is C19H24N2O3. The highest BCUT2D eigenvalue weighted by molar-refractivity contribution is 5.80. The van der Waals surface area contributed by atoms with Gasteiger partial charge in [0.2, 0.25) is 5.91 Å². The Morgan fingerprint density at radius 3 is 2.38 bits per heavy atom. The van der Waals surface area contributed by atoms with E-state index in [1.165, 1.54) is 0 Å². The van der Waals surface area contributed by atoms with E-state index in [1.807, 2.05) is 56.3 Å². The topological polar surface area (TPSA) is 70.6 Å². The Bertz CT molecular complexity index is 627. The third-order valence-corrected chi connectivity index (χ3v) is 3.36. The molecule has 1 amide bonds. The maximum Gasteiger partial charge on any atom is 0.239 e. The van der Waals surface area contributed by atoms with Crippen molar-refractivity contribution in [1.82, 2.24) is 5.32 Å². The van der Waals surface area contributed by atoms with Gasteiger partial charge in [0.1, 0.15) is 5.75 Å². The van der Waals surface area contributed by atoms with Gasteiger partial charge in [-0.15, -0.1) is 0 Å². The first-order chi connectivity index (χ1) is 11.5. The largest absolute Gasteiger partial charge is 0.491 e. The fourth-order valence-electron chi connectivity index (χ4n) is 2.17. The number of rotatable bonds is 8. The summed E-state index contributed by atoms with van der Waals surface area (Å²) in [7, 11) is 0. The molecule has 0 aromatic heterocycles. The number of carbonyl (C=O) groups is 1. The van der Waals surface area contributed by atoms with Gasteiger partial charge in [0.25, 0.3) is 0 Å². The predicted molar refractivity (Wildman–Crippen MR) is 95.1 cm³/mol. The molecule has 0 aliphatic rings. The zero-order valence-corrected chi connectivity index (χ0v) is 14.0. The molecule has 0 bridgehead atoms. The van der Waals surface area contributed by atoms with Crippen LogP contribution in [0.2, 0.25) is 0 Å². The molecule has 1 atom stereocenters. The van der Waals surface area contributed by atoms with Crippen molar-refractivity contribution in [2.75, 3.05) is 18.4 Å². The van der Waals surface area contributed by atoms with E-state index in [1.54, 1.807) is 12.1 Å². The SMILES string of the molecule is CC(C)Oc1ccc(C(O)CNC(=O)CNc2ccccc2)cc1. The average molecular weight is 328 g/mol. The van der Waals surface area contributed by atoms with Gasteiger partial charge in [-0.1, -0.05) is 30.3 Å². The third kappa shape index (κ3) is 5.93. The van der Waals surface area contributed by atoms with Gasteiger partial charge in [-0.25, -0.2) is 0 Å². The molecular weight excluding hydrogens is 304 g/mol. The molecule has 0 saturated carbocycles. The van der Waals surface area contributed by atoms with Crippen LogP contribution < -0.4 is 15.4 Å². The van der Waals surface area contributed by atoms with Crippen LogP contribution in [-0.2, 0) is 4.79 Å². The van der Waals surface area contributed by atoms with Gasteiger partial charge in [0.05, 0.1) is 18.8 Å². The smallest absolute Gasteiger partial charge is 0.239 e. The van der Waals surface area contributed by atoms with Crippen molar-refractivity contribution < 1.29 is 14.6 Å². The molecule has 1 unspecified atom stereocenters. The molecule has 24 heavy (non-hydrogen) atoms. The van der Waals surface area contributed by atoms with Gasteiger partial charge in [-0.3, -0.25) is 4.79 Å². The molecule has 0 radical (unpaired) electrons. The fourth-order valence-corrected chi connectivity index (χ4v) is 2.17. The Kier molecular flexibility index (Phi) is 6.63. The van der Waals surface area contributed by atoms with E-state index in [4.69, 9.17) is 4.74 Å². The molecule has 0 spiro atoms. The molecule has 2 aromatic carbocycles. The van der Waals surface area contributed by atoms with Gasteiger partial charge in [0.15, 0.2) is 0 Å². The van der Waals surface area contributed by atoms with Crippen LogP contribution >= 0.6 is 0 Å². The lowest BCUT2D eigenvalue weighted by molar-refractivity contribution is -0.119. The summed E-state index contributed by atoms with van der Waals surface area (Å²) in [6.45, 7) is 4.25. The molecule has 2 rings (SSSR count). The normalized spacial score (nSPS) is 11.8. The van der Waals surface area contributed by atoms with Crippen molar-refractivity contribution in [2.24, 2.45) is 0 Å². The number of ether oxygens (including phenoxy) is 1. The summed E-state index contributed by atoms with van der Waals surface area (Å²) in [4.78, 5) is 11.8.